The molecular formula is C8H16O3S. The molecule has 0 N–H and O–H groups in total. The topological polar surface area (TPSA) is 35.5 Å². The number of ether oxygens (including phenoxy) is 2. The van der Waals surface area contributed by atoms with Crippen LogP contribution in [-0.2, 0) is 14.3 Å². The number of hydrogen-bond donors (Lipinski definition) is 1. The molecule has 0 aliphatic heterocycles. The van der Waals surface area contributed by atoms with Crippen LogP contribution in [0.15, 0.2) is 0 Å². The second kappa shape index (κ2) is 7.43. The van der Waals surface area contributed by atoms with Gasteiger partial charge >= 0.3 is 5.97 Å². The van der Waals surface area contributed by atoms with Crippen LogP contribution in [0.25, 0.3) is 0 Å². The van der Waals surface area contributed by atoms with E-state index in [4.69, 9.17) is 9.47 Å². The Morgan fingerprint density at radius 1 is 1.42 bits per heavy atom. The second-order valence-corrected chi connectivity index (χ2v) is 3.06. The largest absolute Gasteiger partial charge is 0.463 e. The summed E-state index contributed by atoms with van der Waals surface area (Å²) >= 11 is 3.91. The van der Waals surface area contributed by atoms with Crippen molar-refractivity contribution in [1.29, 1.82) is 0 Å². The van der Waals surface area contributed by atoms with Crippen molar-refractivity contribution in [3.05, 3.63) is 0 Å². The van der Waals surface area contributed by atoms with E-state index in [1.807, 2.05) is 13.8 Å². The Kier molecular flexibility index (Phi) is 7.29. The summed E-state index contributed by atoms with van der Waals surface area (Å²) < 4.78 is 9.99. The zero-order valence-electron chi connectivity index (χ0n) is 7.58. The molecule has 4 heteroatoms. The van der Waals surface area contributed by atoms with Gasteiger partial charge in [-0.15, -0.1) is 0 Å². The van der Waals surface area contributed by atoms with E-state index in [0.717, 1.165) is 0 Å². The van der Waals surface area contributed by atoms with Crippen molar-refractivity contribution in [2.24, 2.45) is 0 Å². The van der Waals surface area contributed by atoms with E-state index in [2.05, 4.69) is 12.6 Å². The first-order valence-electron chi connectivity index (χ1n) is 4.05. The standard InChI is InChI=1S/C8H16O3S/c1-7(2)10-4-5-11-8(9)3-6-12/h7,12H,3-6H2,1-2H3. The summed E-state index contributed by atoms with van der Waals surface area (Å²) in [7, 11) is 0. The summed E-state index contributed by atoms with van der Waals surface area (Å²) in [4.78, 5) is 10.8. The first-order chi connectivity index (χ1) is 5.66. The molecule has 0 bridgehead atoms. The third-order valence-corrected chi connectivity index (χ3v) is 1.34. The molecule has 12 heavy (non-hydrogen) atoms. The Hall–Kier alpha value is -0.220. The van der Waals surface area contributed by atoms with Crippen molar-refractivity contribution in [1.82, 2.24) is 0 Å². The Balaban J connectivity index is 3.14. The van der Waals surface area contributed by atoms with Crippen LogP contribution in [0, 0.1) is 0 Å². The molecule has 72 valence electrons. The van der Waals surface area contributed by atoms with Gasteiger partial charge in [0.25, 0.3) is 0 Å². The summed E-state index contributed by atoms with van der Waals surface area (Å²) in [5, 5.41) is 0. The highest BCUT2D eigenvalue weighted by atomic mass is 32.1. The summed E-state index contributed by atoms with van der Waals surface area (Å²) in [5.41, 5.74) is 0. The highest BCUT2D eigenvalue weighted by Gasteiger charge is 2.00. The van der Waals surface area contributed by atoms with E-state index in [1.54, 1.807) is 0 Å². The molecule has 0 spiro atoms. The second-order valence-electron chi connectivity index (χ2n) is 2.61. The van der Waals surface area contributed by atoms with Gasteiger partial charge in [0, 0.05) is 5.75 Å². The van der Waals surface area contributed by atoms with Gasteiger partial charge in [-0.2, -0.15) is 12.6 Å². The molecule has 0 unspecified atom stereocenters. The molecule has 0 heterocycles. The smallest absolute Gasteiger partial charge is 0.306 e. The maximum absolute atomic E-state index is 10.8. The lowest BCUT2D eigenvalue weighted by atomic mass is 10.5. The van der Waals surface area contributed by atoms with Crippen molar-refractivity contribution >= 4 is 18.6 Å². The van der Waals surface area contributed by atoms with Gasteiger partial charge in [0.15, 0.2) is 0 Å². The normalized spacial score (nSPS) is 10.3. The Morgan fingerprint density at radius 3 is 2.58 bits per heavy atom. The number of hydrogen-bond acceptors (Lipinski definition) is 4. The van der Waals surface area contributed by atoms with E-state index in [0.29, 0.717) is 25.4 Å². The summed E-state index contributed by atoms with van der Waals surface area (Å²) in [6.45, 7) is 4.69. The minimum absolute atomic E-state index is 0.189. The Bertz CT molecular complexity index is 125. The van der Waals surface area contributed by atoms with Crippen molar-refractivity contribution in [3.63, 3.8) is 0 Å². The molecule has 0 saturated carbocycles. The molecule has 0 aromatic carbocycles. The van der Waals surface area contributed by atoms with Crippen molar-refractivity contribution in [3.8, 4) is 0 Å². The highest BCUT2D eigenvalue weighted by molar-refractivity contribution is 7.80. The molecule has 0 saturated heterocycles. The van der Waals surface area contributed by atoms with Gasteiger partial charge in [0.2, 0.25) is 0 Å². The molecule has 0 aliphatic carbocycles. The molecule has 0 aromatic rings. The molecule has 3 nitrogen and oxygen atoms in total. The summed E-state index contributed by atoms with van der Waals surface area (Å²) in [6.07, 6.45) is 0.554. The minimum atomic E-state index is -0.211. The van der Waals surface area contributed by atoms with Gasteiger partial charge in [-0.25, -0.2) is 0 Å². The lowest BCUT2D eigenvalue weighted by Crippen LogP contribution is -2.13. The van der Waals surface area contributed by atoms with Crippen LogP contribution in [0.4, 0.5) is 0 Å². The predicted octanol–water partition coefficient (Wildman–Crippen LogP) is 1.27. The van der Waals surface area contributed by atoms with Crippen molar-refractivity contribution in [2.75, 3.05) is 19.0 Å². The predicted molar refractivity (Wildman–Crippen MR) is 50.5 cm³/mol. The summed E-state index contributed by atoms with van der Waals surface area (Å²) in [6, 6.07) is 0. The monoisotopic (exact) mass is 192 g/mol. The fourth-order valence-corrected chi connectivity index (χ4v) is 0.785. The number of carbonyl (C=O) groups is 1. The van der Waals surface area contributed by atoms with Crippen LogP contribution in [-0.4, -0.2) is 31.0 Å². The SMILES string of the molecule is CC(C)OCCOC(=O)CCS. The van der Waals surface area contributed by atoms with E-state index < -0.39 is 0 Å². The molecule has 0 atom stereocenters. The van der Waals surface area contributed by atoms with Crippen LogP contribution in [0.1, 0.15) is 20.3 Å². The van der Waals surface area contributed by atoms with Crippen LogP contribution in [0.5, 0.6) is 0 Å². The number of carbonyl (C=O) groups excluding carboxylic acids is 1. The zero-order chi connectivity index (χ0) is 9.40. The van der Waals surface area contributed by atoms with E-state index in [-0.39, 0.29) is 12.1 Å². The lowest BCUT2D eigenvalue weighted by Gasteiger charge is -2.07. The molecule has 0 fully saturated rings. The number of rotatable bonds is 6. The average Bonchev–Trinajstić information content (AvgIpc) is 1.98. The number of esters is 1. The molecule has 0 aromatic heterocycles. The van der Waals surface area contributed by atoms with Gasteiger partial charge in [0.05, 0.1) is 19.1 Å². The first kappa shape index (κ1) is 11.8. The third-order valence-electron chi connectivity index (χ3n) is 1.11. The Morgan fingerprint density at radius 2 is 2.08 bits per heavy atom. The van der Waals surface area contributed by atoms with Crippen LogP contribution in [0.2, 0.25) is 0 Å². The maximum Gasteiger partial charge on any atom is 0.306 e. The number of thiol groups is 1. The Labute approximate surface area is 78.8 Å². The van der Waals surface area contributed by atoms with Crippen LogP contribution >= 0.6 is 12.6 Å². The van der Waals surface area contributed by atoms with Crippen molar-refractivity contribution in [2.45, 2.75) is 26.4 Å². The van der Waals surface area contributed by atoms with Gasteiger partial charge in [-0.3, -0.25) is 4.79 Å². The van der Waals surface area contributed by atoms with E-state index >= 15 is 0 Å². The quantitative estimate of drug-likeness (QED) is 0.391. The maximum atomic E-state index is 10.8. The fraction of sp³-hybridized carbons (Fsp3) is 0.875. The molecule has 0 amide bonds. The van der Waals surface area contributed by atoms with E-state index in [1.165, 1.54) is 0 Å². The minimum Gasteiger partial charge on any atom is -0.463 e. The van der Waals surface area contributed by atoms with Gasteiger partial charge in [0.1, 0.15) is 6.61 Å². The summed E-state index contributed by atoms with van der Waals surface area (Å²) in [5.74, 6) is 0.321. The van der Waals surface area contributed by atoms with Gasteiger partial charge < -0.3 is 9.47 Å². The highest BCUT2D eigenvalue weighted by Crippen LogP contribution is 1.91. The van der Waals surface area contributed by atoms with Crippen molar-refractivity contribution < 1.29 is 14.3 Å². The average molecular weight is 192 g/mol. The van der Waals surface area contributed by atoms with Gasteiger partial charge in [-0.1, -0.05) is 0 Å². The zero-order valence-corrected chi connectivity index (χ0v) is 8.47. The van der Waals surface area contributed by atoms with E-state index in [9.17, 15) is 4.79 Å². The fourth-order valence-electron chi connectivity index (χ4n) is 0.603. The lowest BCUT2D eigenvalue weighted by molar-refractivity contribution is -0.145. The molecule has 0 aliphatic rings. The third kappa shape index (κ3) is 7.88. The molecule has 0 radical (unpaired) electrons. The van der Waals surface area contributed by atoms with Crippen LogP contribution in [0.3, 0.4) is 0 Å². The van der Waals surface area contributed by atoms with Gasteiger partial charge in [-0.05, 0) is 13.8 Å². The van der Waals surface area contributed by atoms with Crippen LogP contribution < -0.4 is 0 Å². The molecular weight excluding hydrogens is 176 g/mol. The first-order valence-corrected chi connectivity index (χ1v) is 4.68. The molecule has 0 rings (SSSR count).